The summed E-state index contributed by atoms with van der Waals surface area (Å²) in [4.78, 5) is 13.0. The van der Waals surface area contributed by atoms with Crippen LogP contribution in [0.15, 0.2) is 24.3 Å². The number of nitro benzene ring substituents is 1. The molecule has 0 unspecified atom stereocenters. The lowest BCUT2D eigenvalue weighted by Crippen LogP contribution is -2.01. The van der Waals surface area contributed by atoms with Gasteiger partial charge in [0.1, 0.15) is 0 Å². The molecule has 0 atom stereocenters. The fourth-order valence-electron chi connectivity index (χ4n) is 2.00. The molecule has 106 valence electrons. The SMILES string of the molecule is COc1ccc(NCc2cc(C)sc2C)cc1[N+](=O)[O-]. The summed E-state index contributed by atoms with van der Waals surface area (Å²) in [6.45, 7) is 4.80. The van der Waals surface area contributed by atoms with Gasteiger partial charge in [-0.2, -0.15) is 0 Å². The third-order valence-electron chi connectivity index (χ3n) is 3.00. The summed E-state index contributed by atoms with van der Waals surface area (Å²) in [6.07, 6.45) is 0. The number of nitrogens with zero attached hydrogens (tertiary/aromatic N) is 1. The summed E-state index contributed by atoms with van der Waals surface area (Å²) < 4.78 is 4.98. The van der Waals surface area contributed by atoms with Crippen LogP contribution in [0.25, 0.3) is 0 Å². The molecule has 20 heavy (non-hydrogen) atoms. The van der Waals surface area contributed by atoms with Gasteiger partial charge in [-0.1, -0.05) is 0 Å². The molecule has 0 aliphatic heterocycles. The third-order valence-corrected chi connectivity index (χ3v) is 4.01. The van der Waals surface area contributed by atoms with Crippen LogP contribution in [0.3, 0.4) is 0 Å². The maximum Gasteiger partial charge on any atom is 0.312 e. The molecule has 0 amide bonds. The molecule has 5 nitrogen and oxygen atoms in total. The Morgan fingerprint density at radius 3 is 2.65 bits per heavy atom. The van der Waals surface area contributed by atoms with Crippen LogP contribution in [-0.2, 0) is 6.54 Å². The van der Waals surface area contributed by atoms with Crippen LogP contribution in [0.1, 0.15) is 15.3 Å². The number of ether oxygens (including phenoxy) is 1. The second kappa shape index (κ2) is 5.92. The maximum atomic E-state index is 11.0. The van der Waals surface area contributed by atoms with Gasteiger partial charge in [-0.25, -0.2) is 0 Å². The molecule has 1 N–H and O–H groups in total. The van der Waals surface area contributed by atoms with Crippen molar-refractivity contribution in [3.05, 3.63) is 49.7 Å². The fourth-order valence-corrected chi connectivity index (χ4v) is 2.95. The van der Waals surface area contributed by atoms with Crippen molar-refractivity contribution in [2.24, 2.45) is 0 Å². The lowest BCUT2D eigenvalue weighted by Gasteiger charge is -2.08. The summed E-state index contributed by atoms with van der Waals surface area (Å²) in [7, 11) is 1.42. The van der Waals surface area contributed by atoms with E-state index in [1.165, 1.54) is 28.5 Å². The molecule has 0 fully saturated rings. The molecule has 2 rings (SSSR count). The zero-order chi connectivity index (χ0) is 14.7. The van der Waals surface area contributed by atoms with E-state index >= 15 is 0 Å². The van der Waals surface area contributed by atoms with Crippen LogP contribution in [0.4, 0.5) is 11.4 Å². The van der Waals surface area contributed by atoms with E-state index in [0.717, 1.165) is 0 Å². The number of hydrogen-bond acceptors (Lipinski definition) is 5. The third kappa shape index (κ3) is 3.08. The molecule has 2 aromatic rings. The van der Waals surface area contributed by atoms with Gasteiger partial charge in [0.15, 0.2) is 5.75 Å². The van der Waals surface area contributed by atoms with E-state index in [-0.39, 0.29) is 11.4 Å². The van der Waals surface area contributed by atoms with Crippen LogP contribution in [0.5, 0.6) is 5.75 Å². The highest BCUT2D eigenvalue weighted by molar-refractivity contribution is 7.12. The predicted octanol–water partition coefficient (Wildman–Crippen LogP) is 3.89. The Bertz CT molecular complexity index is 637. The Labute approximate surface area is 121 Å². The molecule has 1 aromatic carbocycles. The first kappa shape index (κ1) is 14.3. The first-order chi connectivity index (χ1) is 9.51. The van der Waals surface area contributed by atoms with Crippen molar-refractivity contribution < 1.29 is 9.66 Å². The van der Waals surface area contributed by atoms with Gasteiger partial charge in [0.2, 0.25) is 0 Å². The second-order valence-electron chi connectivity index (χ2n) is 4.44. The smallest absolute Gasteiger partial charge is 0.312 e. The number of rotatable bonds is 5. The van der Waals surface area contributed by atoms with Crippen molar-refractivity contribution in [1.29, 1.82) is 0 Å². The maximum absolute atomic E-state index is 11.0. The molecule has 1 aromatic heterocycles. The second-order valence-corrected chi connectivity index (χ2v) is 5.90. The van der Waals surface area contributed by atoms with E-state index in [1.807, 2.05) is 0 Å². The summed E-state index contributed by atoms with van der Waals surface area (Å²) in [5.74, 6) is 0.267. The largest absolute Gasteiger partial charge is 0.490 e. The van der Waals surface area contributed by atoms with E-state index < -0.39 is 4.92 Å². The molecule has 0 bridgehead atoms. The molecule has 0 saturated heterocycles. The fraction of sp³-hybridized carbons (Fsp3) is 0.286. The first-order valence-corrected chi connectivity index (χ1v) is 6.95. The van der Waals surface area contributed by atoms with Crippen molar-refractivity contribution in [2.75, 3.05) is 12.4 Å². The zero-order valence-electron chi connectivity index (χ0n) is 11.6. The summed E-state index contributed by atoms with van der Waals surface area (Å²) in [5.41, 5.74) is 1.89. The van der Waals surface area contributed by atoms with Crippen LogP contribution in [0.2, 0.25) is 0 Å². The summed E-state index contributed by atoms with van der Waals surface area (Å²) in [5, 5.41) is 14.2. The van der Waals surface area contributed by atoms with Crippen molar-refractivity contribution in [1.82, 2.24) is 0 Å². The average molecular weight is 292 g/mol. The highest BCUT2D eigenvalue weighted by atomic mass is 32.1. The number of thiophene rings is 1. The number of nitro groups is 1. The Hall–Kier alpha value is -2.08. The van der Waals surface area contributed by atoms with E-state index in [4.69, 9.17) is 4.74 Å². The molecular weight excluding hydrogens is 276 g/mol. The van der Waals surface area contributed by atoms with Crippen LogP contribution in [0, 0.1) is 24.0 Å². The van der Waals surface area contributed by atoms with Crippen molar-refractivity contribution in [3.8, 4) is 5.75 Å². The highest BCUT2D eigenvalue weighted by Gasteiger charge is 2.15. The van der Waals surface area contributed by atoms with Crippen molar-refractivity contribution >= 4 is 22.7 Å². The number of benzene rings is 1. The minimum absolute atomic E-state index is 0.0317. The normalized spacial score (nSPS) is 10.3. The lowest BCUT2D eigenvalue weighted by molar-refractivity contribution is -0.385. The predicted molar refractivity (Wildman–Crippen MR) is 80.8 cm³/mol. The van der Waals surface area contributed by atoms with Crippen molar-refractivity contribution in [2.45, 2.75) is 20.4 Å². The number of hydrogen-bond donors (Lipinski definition) is 1. The molecular formula is C14H16N2O3S. The van der Waals surface area contributed by atoms with Gasteiger partial charge in [-0.05, 0) is 37.6 Å². The van der Waals surface area contributed by atoms with Crippen LogP contribution in [-0.4, -0.2) is 12.0 Å². The molecule has 1 heterocycles. The van der Waals surface area contributed by atoms with E-state index in [2.05, 4.69) is 25.2 Å². The minimum atomic E-state index is -0.440. The van der Waals surface area contributed by atoms with Crippen molar-refractivity contribution in [3.63, 3.8) is 0 Å². The van der Waals surface area contributed by atoms with Crippen LogP contribution < -0.4 is 10.1 Å². The van der Waals surface area contributed by atoms with Gasteiger partial charge in [-0.3, -0.25) is 10.1 Å². The zero-order valence-corrected chi connectivity index (χ0v) is 12.4. The topological polar surface area (TPSA) is 64.4 Å². The van der Waals surface area contributed by atoms with Gasteiger partial charge >= 0.3 is 5.69 Å². The quantitative estimate of drug-likeness (QED) is 0.670. The van der Waals surface area contributed by atoms with Gasteiger partial charge < -0.3 is 10.1 Å². The number of anilines is 1. The van der Waals surface area contributed by atoms with Gasteiger partial charge in [0.05, 0.1) is 12.0 Å². The molecule has 0 aliphatic carbocycles. The Morgan fingerprint density at radius 1 is 1.35 bits per heavy atom. The van der Waals surface area contributed by atoms with Gasteiger partial charge in [-0.15, -0.1) is 11.3 Å². The summed E-state index contributed by atoms with van der Waals surface area (Å²) >= 11 is 1.75. The van der Waals surface area contributed by atoms with Gasteiger partial charge in [0, 0.05) is 28.1 Å². The Balaban J connectivity index is 2.16. The van der Waals surface area contributed by atoms with E-state index in [1.54, 1.807) is 23.5 Å². The monoisotopic (exact) mass is 292 g/mol. The number of aryl methyl sites for hydroxylation is 2. The molecule has 0 saturated carbocycles. The number of nitrogens with one attached hydrogen (secondary N) is 1. The highest BCUT2D eigenvalue weighted by Crippen LogP contribution is 2.30. The minimum Gasteiger partial charge on any atom is -0.490 e. The molecule has 0 spiro atoms. The van der Waals surface area contributed by atoms with E-state index in [9.17, 15) is 10.1 Å². The molecule has 0 radical (unpaired) electrons. The van der Waals surface area contributed by atoms with Crippen LogP contribution >= 0.6 is 11.3 Å². The lowest BCUT2D eigenvalue weighted by atomic mass is 10.2. The number of methoxy groups -OCH3 is 1. The van der Waals surface area contributed by atoms with Gasteiger partial charge in [0.25, 0.3) is 0 Å². The average Bonchev–Trinajstić information content (AvgIpc) is 2.74. The first-order valence-electron chi connectivity index (χ1n) is 6.13. The van der Waals surface area contributed by atoms with E-state index in [0.29, 0.717) is 12.2 Å². The Kier molecular flexibility index (Phi) is 4.24. The Morgan fingerprint density at radius 2 is 2.10 bits per heavy atom. The summed E-state index contributed by atoms with van der Waals surface area (Å²) in [6, 6.07) is 7.00. The standard InChI is InChI=1S/C14H16N2O3S/c1-9-6-11(10(2)20-9)8-15-12-4-5-14(19-3)13(7-12)16(17)18/h4-7,15H,8H2,1-3H3. The molecule has 6 heteroatoms. The molecule has 0 aliphatic rings.